The first-order chi connectivity index (χ1) is 14.5. The molecule has 0 spiro atoms. The largest absolute Gasteiger partial charge is 0.493 e. The molecule has 0 aliphatic heterocycles. The Morgan fingerprint density at radius 1 is 1.07 bits per heavy atom. The van der Waals surface area contributed by atoms with Crippen LogP contribution in [0.4, 0.5) is 5.69 Å². The van der Waals surface area contributed by atoms with Crippen molar-refractivity contribution in [2.24, 2.45) is 0 Å². The summed E-state index contributed by atoms with van der Waals surface area (Å²) in [5.74, 6) is 1.41. The number of carbonyl (C=O) groups is 1. The minimum atomic E-state index is -0.714. The third kappa shape index (κ3) is 3.98. The van der Waals surface area contributed by atoms with Crippen LogP contribution in [0.2, 0.25) is 0 Å². The maximum atomic E-state index is 12.6. The van der Waals surface area contributed by atoms with E-state index in [2.05, 4.69) is 10.3 Å². The van der Waals surface area contributed by atoms with Crippen molar-refractivity contribution in [2.75, 3.05) is 12.4 Å². The Kier molecular flexibility index (Phi) is 5.39. The van der Waals surface area contributed by atoms with E-state index in [9.17, 15) is 4.79 Å². The van der Waals surface area contributed by atoms with E-state index in [-0.39, 0.29) is 5.91 Å². The molecule has 0 saturated heterocycles. The molecule has 6 heteroatoms. The maximum Gasteiger partial charge on any atom is 0.265 e. The van der Waals surface area contributed by atoms with E-state index in [1.54, 1.807) is 38.3 Å². The Morgan fingerprint density at radius 2 is 1.87 bits per heavy atom. The zero-order valence-electron chi connectivity index (χ0n) is 17.0. The van der Waals surface area contributed by atoms with E-state index in [1.165, 1.54) is 0 Å². The molecule has 0 bridgehead atoms. The summed E-state index contributed by atoms with van der Waals surface area (Å²) in [5.41, 5.74) is 3.77. The lowest BCUT2D eigenvalue weighted by atomic mass is 10.2. The Labute approximate surface area is 174 Å². The molecule has 6 nitrogen and oxygen atoms in total. The Bertz CT molecular complexity index is 1180. The fraction of sp³-hybridized carbons (Fsp3) is 0.167. The predicted octanol–water partition coefficient (Wildman–Crippen LogP) is 5.22. The minimum Gasteiger partial charge on any atom is -0.493 e. The van der Waals surface area contributed by atoms with E-state index in [0.717, 1.165) is 11.1 Å². The van der Waals surface area contributed by atoms with Crippen molar-refractivity contribution in [1.82, 2.24) is 4.98 Å². The fourth-order valence-corrected chi connectivity index (χ4v) is 3.18. The number of amides is 1. The highest BCUT2D eigenvalue weighted by Crippen LogP contribution is 2.31. The summed E-state index contributed by atoms with van der Waals surface area (Å²) in [6, 6.07) is 20.6. The van der Waals surface area contributed by atoms with Gasteiger partial charge in [0, 0.05) is 11.3 Å². The second-order valence-electron chi connectivity index (χ2n) is 6.92. The van der Waals surface area contributed by atoms with E-state index in [4.69, 9.17) is 13.9 Å². The van der Waals surface area contributed by atoms with Crippen LogP contribution in [0.3, 0.4) is 0 Å². The molecule has 1 N–H and O–H groups in total. The van der Waals surface area contributed by atoms with Gasteiger partial charge in [0.1, 0.15) is 5.52 Å². The number of benzene rings is 3. The number of rotatable bonds is 6. The Morgan fingerprint density at radius 3 is 2.63 bits per heavy atom. The van der Waals surface area contributed by atoms with Gasteiger partial charge in [-0.3, -0.25) is 4.79 Å². The molecule has 1 heterocycles. The normalized spacial score (nSPS) is 11.8. The monoisotopic (exact) mass is 402 g/mol. The molecular formula is C24H22N2O4. The van der Waals surface area contributed by atoms with Gasteiger partial charge in [-0.05, 0) is 55.8 Å². The number of hydrogen-bond acceptors (Lipinski definition) is 5. The smallest absolute Gasteiger partial charge is 0.265 e. The van der Waals surface area contributed by atoms with Crippen LogP contribution >= 0.6 is 0 Å². The van der Waals surface area contributed by atoms with Gasteiger partial charge in [0.2, 0.25) is 5.89 Å². The lowest BCUT2D eigenvalue weighted by Gasteiger charge is -2.17. The topological polar surface area (TPSA) is 73.6 Å². The van der Waals surface area contributed by atoms with Crippen LogP contribution in [-0.2, 0) is 4.79 Å². The highest BCUT2D eigenvalue weighted by molar-refractivity contribution is 5.95. The van der Waals surface area contributed by atoms with Crippen LogP contribution < -0.4 is 14.8 Å². The third-order valence-corrected chi connectivity index (χ3v) is 4.73. The van der Waals surface area contributed by atoms with Crippen LogP contribution in [0.1, 0.15) is 12.5 Å². The van der Waals surface area contributed by atoms with Gasteiger partial charge in [-0.25, -0.2) is 4.98 Å². The highest BCUT2D eigenvalue weighted by atomic mass is 16.5. The zero-order valence-corrected chi connectivity index (χ0v) is 17.0. The summed E-state index contributed by atoms with van der Waals surface area (Å²) in [4.78, 5) is 17.2. The Hall–Kier alpha value is -3.80. The number of methoxy groups -OCH3 is 1. The molecule has 1 aromatic heterocycles. The average molecular weight is 402 g/mol. The first-order valence-electron chi connectivity index (χ1n) is 9.62. The van der Waals surface area contributed by atoms with E-state index in [1.807, 2.05) is 49.4 Å². The standard InChI is InChI=1S/C24H22N2O4/c1-15-8-7-11-21(22(15)28-3)29-16(2)23(27)25-18-12-13-20-19(14-18)26-24(30-20)17-9-5-4-6-10-17/h4-14,16H,1-3H3,(H,25,27)/t16-/m1/s1. The summed E-state index contributed by atoms with van der Waals surface area (Å²) in [6.45, 7) is 3.62. The molecule has 0 radical (unpaired) electrons. The highest BCUT2D eigenvalue weighted by Gasteiger charge is 2.18. The van der Waals surface area contributed by atoms with Crippen LogP contribution in [0, 0.1) is 6.92 Å². The van der Waals surface area contributed by atoms with Crippen molar-refractivity contribution in [1.29, 1.82) is 0 Å². The quantitative estimate of drug-likeness (QED) is 0.479. The van der Waals surface area contributed by atoms with E-state index in [0.29, 0.717) is 34.2 Å². The first-order valence-corrected chi connectivity index (χ1v) is 9.62. The summed E-state index contributed by atoms with van der Waals surface area (Å²) in [5, 5.41) is 2.87. The van der Waals surface area contributed by atoms with Gasteiger partial charge in [0.15, 0.2) is 23.2 Å². The number of aryl methyl sites for hydroxylation is 1. The summed E-state index contributed by atoms with van der Waals surface area (Å²) >= 11 is 0. The number of nitrogens with one attached hydrogen (secondary N) is 1. The molecule has 1 amide bonds. The Balaban J connectivity index is 1.49. The van der Waals surface area contributed by atoms with Crippen LogP contribution in [0.15, 0.2) is 71.1 Å². The number of fused-ring (bicyclic) bond motifs is 1. The third-order valence-electron chi connectivity index (χ3n) is 4.73. The first kappa shape index (κ1) is 19.5. The summed E-state index contributed by atoms with van der Waals surface area (Å²) in [7, 11) is 1.58. The second kappa shape index (κ2) is 8.29. The predicted molar refractivity (Wildman–Crippen MR) is 116 cm³/mol. The average Bonchev–Trinajstić information content (AvgIpc) is 3.18. The van der Waals surface area contributed by atoms with Crippen molar-refractivity contribution >= 4 is 22.7 Å². The van der Waals surface area contributed by atoms with Gasteiger partial charge >= 0.3 is 0 Å². The molecule has 152 valence electrons. The van der Waals surface area contributed by atoms with Crippen LogP contribution in [0.25, 0.3) is 22.6 Å². The molecule has 0 fully saturated rings. The van der Waals surface area contributed by atoms with Crippen molar-refractivity contribution in [3.63, 3.8) is 0 Å². The molecule has 0 aliphatic rings. The SMILES string of the molecule is COc1c(C)cccc1O[C@H](C)C(=O)Nc1ccc2oc(-c3ccccc3)nc2c1. The minimum absolute atomic E-state index is 0.273. The van der Waals surface area contributed by atoms with Gasteiger partial charge in [0.05, 0.1) is 7.11 Å². The fourth-order valence-electron chi connectivity index (χ4n) is 3.18. The molecule has 30 heavy (non-hydrogen) atoms. The van der Waals surface area contributed by atoms with Crippen molar-refractivity contribution in [2.45, 2.75) is 20.0 Å². The molecular weight excluding hydrogens is 380 g/mol. The summed E-state index contributed by atoms with van der Waals surface area (Å²) < 4.78 is 17.0. The number of ether oxygens (including phenoxy) is 2. The molecule has 0 unspecified atom stereocenters. The number of carbonyl (C=O) groups excluding carboxylic acids is 1. The van der Waals surface area contributed by atoms with Gasteiger partial charge in [-0.2, -0.15) is 0 Å². The number of aromatic nitrogens is 1. The van der Waals surface area contributed by atoms with Crippen molar-refractivity contribution < 1.29 is 18.7 Å². The van der Waals surface area contributed by atoms with Gasteiger partial charge in [0.25, 0.3) is 5.91 Å². The van der Waals surface area contributed by atoms with Crippen LogP contribution in [-0.4, -0.2) is 24.1 Å². The van der Waals surface area contributed by atoms with Crippen LogP contribution in [0.5, 0.6) is 11.5 Å². The number of para-hydroxylation sites is 1. The van der Waals surface area contributed by atoms with Gasteiger partial charge in [-0.1, -0.05) is 30.3 Å². The van der Waals surface area contributed by atoms with Gasteiger partial charge < -0.3 is 19.2 Å². The van der Waals surface area contributed by atoms with E-state index < -0.39 is 6.10 Å². The summed E-state index contributed by atoms with van der Waals surface area (Å²) in [6.07, 6.45) is -0.714. The zero-order chi connectivity index (χ0) is 21.1. The number of nitrogens with zero attached hydrogens (tertiary/aromatic N) is 1. The lowest BCUT2D eigenvalue weighted by Crippen LogP contribution is -2.30. The molecule has 4 aromatic rings. The molecule has 0 aliphatic carbocycles. The molecule has 1 atom stereocenters. The van der Waals surface area contributed by atoms with E-state index >= 15 is 0 Å². The lowest BCUT2D eigenvalue weighted by molar-refractivity contribution is -0.122. The number of oxazole rings is 1. The molecule has 4 rings (SSSR count). The van der Waals surface area contributed by atoms with Crippen molar-refractivity contribution in [3.05, 3.63) is 72.3 Å². The maximum absolute atomic E-state index is 12.6. The molecule has 3 aromatic carbocycles. The number of hydrogen-bond donors (Lipinski definition) is 1. The number of anilines is 1. The molecule has 0 saturated carbocycles. The second-order valence-corrected chi connectivity index (χ2v) is 6.92. The van der Waals surface area contributed by atoms with Gasteiger partial charge in [-0.15, -0.1) is 0 Å². The van der Waals surface area contributed by atoms with Crippen molar-refractivity contribution in [3.8, 4) is 23.0 Å².